The number of imide groups is 1. The van der Waals surface area contributed by atoms with Crippen molar-refractivity contribution in [1.29, 1.82) is 0 Å². The van der Waals surface area contributed by atoms with Crippen LogP contribution in [0, 0.1) is 5.92 Å². The summed E-state index contributed by atoms with van der Waals surface area (Å²) in [6.45, 7) is 0. The Balaban J connectivity index is 2.14. The number of hydrogen-bond donors (Lipinski definition) is 0. The fraction of sp³-hybridized carbons (Fsp3) is 0.385. The molecule has 1 unspecified atom stereocenters. The summed E-state index contributed by atoms with van der Waals surface area (Å²) in [5.74, 6) is -0.415. The highest BCUT2D eigenvalue weighted by atomic mass is 35.5. The molecule has 1 aromatic rings. The predicted octanol–water partition coefficient (Wildman–Crippen LogP) is 2.93. The number of carbonyl (C=O) groups excluding carboxylic acids is 2. The highest BCUT2D eigenvalue weighted by molar-refractivity contribution is 6.35. The maximum absolute atomic E-state index is 12.0. The second-order valence-corrected chi connectivity index (χ2v) is 5.31. The number of likely N-dealkylation sites (tertiary alicyclic amines) is 1. The molecule has 0 aromatic heterocycles. The first kappa shape index (κ1) is 13.4. The predicted molar refractivity (Wildman–Crippen MR) is 70.7 cm³/mol. The Labute approximate surface area is 116 Å². The minimum Gasteiger partial charge on any atom is -0.286 e. The fourth-order valence-electron chi connectivity index (χ4n) is 2.13. The monoisotopic (exact) mass is 285 g/mol. The number of piperidine rings is 1. The molecule has 2 rings (SSSR count). The highest BCUT2D eigenvalue weighted by Crippen LogP contribution is 2.27. The van der Waals surface area contributed by atoms with Crippen molar-refractivity contribution >= 4 is 35.0 Å². The van der Waals surface area contributed by atoms with E-state index in [2.05, 4.69) is 0 Å². The van der Waals surface area contributed by atoms with Crippen LogP contribution in [0.2, 0.25) is 10.0 Å². The lowest BCUT2D eigenvalue weighted by atomic mass is 9.90. The van der Waals surface area contributed by atoms with Crippen LogP contribution in [0.15, 0.2) is 18.2 Å². The quantitative estimate of drug-likeness (QED) is 0.784. The van der Waals surface area contributed by atoms with Crippen molar-refractivity contribution in [3.63, 3.8) is 0 Å². The molecule has 5 heteroatoms. The Hall–Kier alpha value is -1.06. The SMILES string of the molecule is CN1C(=O)CCC(Cc2ccc(Cl)cc2Cl)C1=O. The van der Waals surface area contributed by atoms with Gasteiger partial charge in [0.2, 0.25) is 11.8 Å². The lowest BCUT2D eigenvalue weighted by molar-refractivity contribution is -0.149. The summed E-state index contributed by atoms with van der Waals surface area (Å²) >= 11 is 11.9. The molecule has 18 heavy (non-hydrogen) atoms. The average molecular weight is 286 g/mol. The zero-order valence-corrected chi connectivity index (χ0v) is 11.5. The van der Waals surface area contributed by atoms with E-state index >= 15 is 0 Å². The smallest absolute Gasteiger partial charge is 0.232 e. The molecular formula is C13H13Cl2NO2. The Morgan fingerprint density at radius 1 is 1.33 bits per heavy atom. The van der Waals surface area contributed by atoms with Crippen LogP contribution in [0.3, 0.4) is 0 Å². The molecule has 0 bridgehead atoms. The van der Waals surface area contributed by atoms with E-state index < -0.39 is 0 Å². The molecule has 0 saturated carbocycles. The van der Waals surface area contributed by atoms with Gasteiger partial charge in [0, 0.05) is 29.4 Å². The molecule has 96 valence electrons. The van der Waals surface area contributed by atoms with E-state index in [1.165, 1.54) is 11.9 Å². The molecule has 0 radical (unpaired) electrons. The van der Waals surface area contributed by atoms with Crippen LogP contribution < -0.4 is 0 Å². The molecule has 1 aliphatic rings. The molecule has 1 aromatic carbocycles. The van der Waals surface area contributed by atoms with Crippen molar-refractivity contribution in [2.24, 2.45) is 5.92 Å². The molecule has 0 spiro atoms. The van der Waals surface area contributed by atoms with Crippen molar-refractivity contribution in [2.75, 3.05) is 7.05 Å². The van der Waals surface area contributed by atoms with Gasteiger partial charge in [-0.15, -0.1) is 0 Å². The number of carbonyl (C=O) groups is 2. The maximum Gasteiger partial charge on any atom is 0.232 e. The van der Waals surface area contributed by atoms with Crippen LogP contribution in [-0.2, 0) is 16.0 Å². The first-order valence-electron chi connectivity index (χ1n) is 5.73. The second-order valence-electron chi connectivity index (χ2n) is 4.47. The molecule has 1 heterocycles. The van der Waals surface area contributed by atoms with Crippen LogP contribution in [0.1, 0.15) is 18.4 Å². The van der Waals surface area contributed by atoms with Gasteiger partial charge in [-0.2, -0.15) is 0 Å². The number of benzene rings is 1. The average Bonchev–Trinajstić information content (AvgIpc) is 2.33. The van der Waals surface area contributed by atoms with Crippen LogP contribution in [-0.4, -0.2) is 23.8 Å². The van der Waals surface area contributed by atoms with Gasteiger partial charge in [-0.1, -0.05) is 29.3 Å². The summed E-state index contributed by atoms with van der Waals surface area (Å²) in [6.07, 6.45) is 1.55. The normalized spacial score (nSPS) is 20.4. The van der Waals surface area contributed by atoms with Gasteiger partial charge in [0.25, 0.3) is 0 Å². The third-order valence-corrected chi connectivity index (χ3v) is 3.83. The van der Waals surface area contributed by atoms with E-state index in [0.29, 0.717) is 29.3 Å². The summed E-state index contributed by atoms with van der Waals surface area (Å²) < 4.78 is 0. The molecule has 2 amide bonds. The largest absolute Gasteiger partial charge is 0.286 e. The van der Waals surface area contributed by atoms with Gasteiger partial charge in [0.15, 0.2) is 0 Å². The molecule has 1 aliphatic heterocycles. The van der Waals surface area contributed by atoms with Crippen molar-refractivity contribution in [2.45, 2.75) is 19.3 Å². The Bertz CT molecular complexity index is 502. The van der Waals surface area contributed by atoms with Crippen molar-refractivity contribution in [1.82, 2.24) is 4.90 Å². The first-order chi connectivity index (χ1) is 8.49. The molecule has 1 fully saturated rings. The van der Waals surface area contributed by atoms with Crippen LogP contribution in [0.5, 0.6) is 0 Å². The van der Waals surface area contributed by atoms with E-state index in [9.17, 15) is 9.59 Å². The van der Waals surface area contributed by atoms with Gasteiger partial charge in [0.05, 0.1) is 0 Å². The van der Waals surface area contributed by atoms with E-state index in [-0.39, 0.29) is 17.7 Å². The lowest BCUT2D eigenvalue weighted by Gasteiger charge is -2.27. The van der Waals surface area contributed by atoms with Gasteiger partial charge in [-0.3, -0.25) is 14.5 Å². The van der Waals surface area contributed by atoms with Gasteiger partial charge in [0.1, 0.15) is 0 Å². The molecule has 0 aliphatic carbocycles. The number of hydrogen-bond acceptors (Lipinski definition) is 2. The van der Waals surface area contributed by atoms with Gasteiger partial charge in [-0.25, -0.2) is 0 Å². The van der Waals surface area contributed by atoms with Crippen LogP contribution in [0.4, 0.5) is 0 Å². The maximum atomic E-state index is 12.0. The van der Waals surface area contributed by atoms with Crippen molar-refractivity contribution in [3.05, 3.63) is 33.8 Å². The zero-order valence-electron chi connectivity index (χ0n) is 9.95. The van der Waals surface area contributed by atoms with Crippen LogP contribution in [0.25, 0.3) is 0 Å². The van der Waals surface area contributed by atoms with E-state index in [1.807, 2.05) is 6.07 Å². The van der Waals surface area contributed by atoms with Crippen molar-refractivity contribution < 1.29 is 9.59 Å². The van der Waals surface area contributed by atoms with E-state index in [1.54, 1.807) is 12.1 Å². The summed E-state index contributed by atoms with van der Waals surface area (Å²) in [5.41, 5.74) is 0.891. The van der Waals surface area contributed by atoms with Gasteiger partial charge < -0.3 is 0 Å². The van der Waals surface area contributed by atoms with Crippen LogP contribution >= 0.6 is 23.2 Å². The minimum atomic E-state index is -0.175. The Morgan fingerprint density at radius 3 is 2.72 bits per heavy atom. The Kier molecular flexibility index (Phi) is 3.93. The van der Waals surface area contributed by atoms with Gasteiger partial charge >= 0.3 is 0 Å². The summed E-state index contributed by atoms with van der Waals surface area (Å²) in [5, 5.41) is 1.14. The summed E-state index contributed by atoms with van der Waals surface area (Å²) in [6, 6.07) is 5.25. The summed E-state index contributed by atoms with van der Waals surface area (Å²) in [7, 11) is 1.53. The number of nitrogens with zero attached hydrogens (tertiary/aromatic N) is 1. The highest BCUT2D eigenvalue weighted by Gasteiger charge is 2.31. The molecule has 3 nitrogen and oxygen atoms in total. The molecule has 1 atom stereocenters. The number of halogens is 2. The van der Waals surface area contributed by atoms with Gasteiger partial charge in [-0.05, 0) is 30.5 Å². The molecule has 0 N–H and O–H groups in total. The minimum absolute atomic E-state index is 0.113. The zero-order chi connectivity index (χ0) is 13.3. The fourth-order valence-corrected chi connectivity index (χ4v) is 2.61. The topological polar surface area (TPSA) is 37.4 Å². The Morgan fingerprint density at radius 2 is 2.06 bits per heavy atom. The molecule has 1 saturated heterocycles. The van der Waals surface area contributed by atoms with Crippen molar-refractivity contribution in [3.8, 4) is 0 Å². The number of amides is 2. The lowest BCUT2D eigenvalue weighted by Crippen LogP contribution is -2.43. The van der Waals surface area contributed by atoms with E-state index in [4.69, 9.17) is 23.2 Å². The standard InChI is InChI=1S/C13H13Cl2NO2/c1-16-12(17)5-3-9(13(16)18)6-8-2-4-10(14)7-11(8)15/h2,4,7,9H,3,5-6H2,1H3. The third-order valence-electron chi connectivity index (χ3n) is 3.24. The second kappa shape index (κ2) is 5.29. The summed E-state index contributed by atoms with van der Waals surface area (Å²) in [4.78, 5) is 24.5. The van der Waals surface area contributed by atoms with E-state index in [0.717, 1.165) is 5.56 Å². The molecular weight excluding hydrogens is 273 g/mol. The number of rotatable bonds is 2. The first-order valence-corrected chi connectivity index (χ1v) is 6.49. The third kappa shape index (κ3) is 2.68.